The van der Waals surface area contributed by atoms with E-state index in [0.717, 1.165) is 6.42 Å². The first-order valence-corrected chi connectivity index (χ1v) is 7.12. The number of aromatic nitrogens is 1. The van der Waals surface area contributed by atoms with Crippen LogP contribution in [0, 0.1) is 20.8 Å². The van der Waals surface area contributed by atoms with Crippen molar-refractivity contribution in [3.8, 4) is 0 Å². The Labute approximate surface area is 113 Å². The van der Waals surface area contributed by atoms with Crippen LogP contribution < -0.4 is 5.32 Å². The highest BCUT2D eigenvalue weighted by molar-refractivity contribution is 7.09. The molecule has 1 atom stereocenters. The molecule has 0 radical (unpaired) electrons. The molecule has 0 saturated heterocycles. The van der Waals surface area contributed by atoms with E-state index in [2.05, 4.69) is 43.2 Å². The van der Waals surface area contributed by atoms with Crippen LogP contribution >= 0.6 is 11.3 Å². The van der Waals surface area contributed by atoms with Crippen LogP contribution in [-0.4, -0.2) is 12.0 Å². The molecule has 0 aliphatic rings. The van der Waals surface area contributed by atoms with Gasteiger partial charge >= 0.3 is 0 Å². The summed E-state index contributed by atoms with van der Waals surface area (Å²) >= 11 is 1.73. The van der Waals surface area contributed by atoms with Crippen LogP contribution in [0.15, 0.2) is 23.8 Å². The molecule has 2 rings (SSSR count). The van der Waals surface area contributed by atoms with E-state index in [4.69, 9.17) is 0 Å². The summed E-state index contributed by atoms with van der Waals surface area (Å²) in [6.07, 6.45) is 2.97. The minimum absolute atomic E-state index is 0.367. The molecule has 2 nitrogen and oxygen atoms in total. The zero-order chi connectivity index (χ0) is 13.1. The highest BCUT2D eigenvalue weighted by Crippen LogP contribution is 2.27. The summed E-state index contributed by atoms with van der Waals surface area (Å²) in [5.41, 5.74) is 7.40. The largest absolute Gasteiger partial charge is 0.313 e. The number of nitrogens with zero attached hydrogens (tertiary/aromatic N) is 1. The zero-order valence-electron chi connectivity index (χ0n) is 11.4. The molecule has 0 aliphatic heterocycles. The molecule has 18 heavy (non-hydrogen) atoms. The van der Waals surface area contributed by atoms with Crippen LogP contribution in [0.5, 0.6) is 0 Å². The van der Waals surface area contributed by atoms with E-state index in [9.17, 15) is 0 Å². The van der Waals surface area contributed by atoms with E-state index in [1.54, 1.807) is 11.3 Å². The average Bonchev–Trinajstić information content (AvgIpc) is 2.79. The molecule has 1 aromatic heterocycles. The van der Waals surface area contributed by atoms with Gasteiger partial charge in [0.25, 0.3) is 0 Å². The molecule has 0 saturated carbocycles. The third-order valence-corrected chi connectivity index (χ3v) is 4.13. The van der Waals surface area contributed by atoms with Gasteiger partial charge < -0.3 is 5.32 Å². The minimum Gasteiger partial charge on any atom is -0.313 e. The lowest BCUT2D eigenvalue weighted by Crippen LogP contribution is -2.20. The molecular weight excluding hydrogens is 240 g/mol. The molecule has 1 heterocycles. The smallest absolute Gasteiger partial charge is 0.0794 e. The normalized spacial score (nSPS) is 12.7. The maximum atomic E-state index is 4.15. The van der Waals surface area contributed by atoms with E-state index < -0.39 is 0 Å². The topological polar surface area (TPSA) is 24.9 Å². The molecular formula is C15H20N2S. The van der Waals surface area contributed by atoms with Crippen molar-refractivity contribution in [1.82, 2.24) is 10.3 Å². The number of hydrogen-bond donors (Lipinski definition) is 1. The van der Waals surface area contributed by atoms with Gasteiger partial charge in [-0.1, -0.05) is 17.7 Å². The highest BCUT2D eigenvalue weighted by Gasteiger charge is 2.16. The van der Waals surface area contributed by atoms with Crippen molar-refractivity contribution in [1.29, 1.82) is 0 Å². The van der Waals surface area contributed by atoms with Crippen LogP contribution in [0.3, 0.4) is 0 Å². The lowest BCUT2D eigenvalue weighted by Gasteiger charge is -2.21. The van der Waals surface area contributed by atoms with Gasteiger partial charge in [-0.2, -0.15) is 0 Å². The standard InChI is InChI=1S/C15H20N2S/c1-10-5-11(2)15(12(3)6-10)14(16-4)7-13-8-17-9-18-13/h5-6,8-9,14,16H,7H2,1-4H3. The predicted molar refractivity (Wildman–Crippen MR) is 78.3 cm³/mol. The fourth-order valence-electron chi connectivity index (χ4n) is 2.63. The lowest BCUT2D eigenvalue weighted by molar-refractivity contribution is 0.589. The first-order valence-electron chi connectivity index (χ1n) is 6.24. The van der Waals surface area contributed by atoms with Gasteiger partial charge in [-0.05, 0) is 44.5 Å². The van der Waals surface area contributed by atoms with Crippen molar-refractivity contribution in [3.05, 3.63) is 51.0 Å². The quantitative estimate of drug-likeness (QED) is 0.909. The molecule has 96 valence electrons. The number of hydrogen-bond acceptors (Lipinski definition) is 3. The van der Waals surface area contributed by atoms with E-state index in [1.165, 1.54) is 27.1 Å². The Hall–Kier alpha value is -1.19. The Morgan fingerprint density at radius 1 is 1.22 bits per heavy atom. The van der Waals surface area contributed by atoms with Gasteiger partial charge in [0.15, 0.2) is 0 Å². The van der Waals surface area contributed by atoms with Gasteiger partial charge in [-0.3, -0.25) is 4.98 Å². The van der Waals surface area contributed by atoms with Crippen LogP contribution in [0.4, 0.5) is 0 Å². The van der Waals surface area contributed by atoms with Gasteiger partial charge in [0.1, 0.15) is 0 Å². The second-order valence-corrected chi connectivity index (χ2v) is 5.80. The van der Waals surface area contributed by atoms with Gasteiger partial charge in [0.2, 0.25) is 0 Å². The van der Waals surface area contributed by atoms with Crippen molar-refractivity contribution < 1.29 is 0 Å². The van der Waals surface area contributed by atoms with Crippen molar-refractivity contribution in [2.75, 3.05) is 7.05 Å². The number of thiazole rings is 1. The number of aryl methyl sites for hydroxylation is 3. The first kappa shape index (κ1) is 13.2. The summed E-state index contributed by atoms with van der Waals surface area (Å²) in [6.45, 7) is 6.56. The predicted octanol–water partition coefficient (Wildman–Crippen LogP) is 3.57. The summed E-state index contributed by atoms with van der Waals surface area (Å²) in [6, 6.07) is 4.89. The van der Waals surface area contributed by atoms with Gasteiger partial charge in [0, 0.05) is 23.5 Å². The Bertz CT molecular complexity index is 494. The Morgan fingerprint density at radius 2 is 1.89 bits per heavy atom. The monoisotopic (exact) mass is 260 g/mol. The van der Waals surface area contributed by atoms with Crippen LogP contribution in [0.25, 0.3) is 0 Å². The Kier molecular flexibility index (Phi) is 4.15. The van der Waals surface area contributed by atoms with E-state index in [1.807, 2.05) is 18.8 Å². The van der Waals surface area contributed by atoms with Crippen molar-refractivity contribution >= 4 is 11.3 Å². The summed E-state index contributed by atoms with van der Waals surface area (Å²) in [7, 11) is 2.03. The van der Waals surface area contributed by atoms with E-state index >= 15 is 0 Å². The summed E-state index contributed by atoms with van der Waals surface area (Å²) in [5, 5.41) is 3.44. The number of nitrogens with one attached hydrogen (secondary N) is 1. The van der Waals surface area contributed by atoms with Crippen molar-refractivity contribution in [2.24, 2.45) is 0 Å². The van der Waals surface area contributed by atoms with Crippen LogP contribution in [-0.2, 0) is 6.42 Å². The van der Waals surface area contributed by atoms with E-state index in [-0.39, 0.29) is 0 Å². The third kappa shape index (κ3) is 2.79. The first-order chi connectivity index (χ1) is 8.61. The molecule has 1 unspecified atom stereocenters. The fourth-order valence-corrected chi connectivity index (χ4v) is 3.28. The Morgan fingerprint density at radius 3 is 2.39 bits per heavy atom. The number of benzene rings is 1. The van der Waals surface area contributed by atoms with Crippen molar-refractivity contribution in [3.63, 3.8) is 0 Å². The van der Waals surface area contributed by atoms with Crippen LogP contribution in [0.1, 0.15) is 33.2 Å². The van der Waals surface area contributed by atoms with Gasteiger partial charge in [-0.15, -0.1) is 11.3 Å². The Balaban J connectivity index is 2.33. The molecule has 1 aromatic carbocycles. The van der Waals surface area contributed by atoms with Crippen molar-refractivity contribution in [2.45, 2.75) is 33.2 Å². The second-order valence-electron chi connectivity index (χ2n) is 4.83. The second kappa shape index (κ2) is 5.63. The van der Waals surface area contributed by atoms with E-state index in [0.29, 0.717) is 6.04 Å². The van der Waals surface area contributed by atoms with Gasteiger partial charge in [-0.25, -0.2) is 0 Å². The molecule has 0 spiro atoms. The number of likely N-dealkylation sites (N-methyl/N-ethyl adjacent to an activating group) is 1. The zero-order valence-corrected chi connectivity index (χ0v) is 12.3. The summed E-state index contributed by atoms with van der Waals surface area (Å²) in [4.78, 5) is 5.48. The minimum atomic E-state index is 0.367. The maximum absolute atomic E-state index is 4.15. The summed E-state index contributed by atoms with van der Waals surface area (Å²) in [5.74, 6) is 0. The number of rotatable bonds is 4. The lowest BCUT2D eigenvalue weighted by atomic mass is 9.92. The van der Waals surface area contributed by atoms with Gasteiger partial charge in [0.05, 0.1) is 5.51 Å². The third-order valence-electron chi connectivity index (χ3n) is 3.32. The molecule has 0 bridgehead atoms. The SMILES string of the molecule is CNC(Cc1cncs1)c1c(C)cc(C)cc1C. The molecule has 0 aliphatic carbocycles. The summed E-state index contributed by atoms with van der Waals surface area (Å²) < 4.78 is 0. The molecule has 0 fully saturated rings. The molecule has 3 heteroatoms. The van der Waals surface area contributed by atoms with Crippen LogP contribution in [0.2, 0.25) is 0 Å². The fraction of sp³-hybridized carbons (Fsp3) is 0.400. The molecule has 1 N–H and O–H groups in total. The highest BCUT2D eigenvalue weighted by atomic mass is 32.1. The average molecular weight is 260 g/mol. The molecule has 2 aromatic rings. The molecule has 0 amide bonds. The maximum Gasteiger partial charge on any atom is 0.0794 e.